The Kier molecular flexibility index (Phi) is 8.34. The molecule has 2 aromatic heterocycles. The molecule has 2 amide bonds. The largest absolute Gasteiger partial charge is 0.445 e. The van der Waals surface area contributed by atoms with Gasteiger partial charge in [-0.25, -0.2) is 18.4 Å². The van der Waals surface area contributed by atoms with Crippen molar-refractivity contribution in [1.29, 1.82) is 0 Å². The summed E-state index contributed by atoms with van der Waals surface area (Å²) < 4.78 is 25.1. The second-order valence-electron chi connectivity index (χ2n) is 12.1. The van der Waals surface area contributed by atoms with Gasteiger partial charge in [0.2, 0.25) is 5.91 Å². The SMILES string of the molecule is C[C@H](NC(=O)OCc1ccccc1)C(=O)N1CCN(c2cc3c(cc2F)n2c(=O)n(OCc4ccccc4)c(=O)cc2n3C2CC2)CC1. The molecule has 2 aliphatic rings. The summed E-state index contributed by atoms with van der Waals surface area (Å²) in [4.78, 5) is 61.3. The van der Waals surface area contributed by atoms with Crippen molar-refractivity contribution < 1.29 is 23.6 Å². The summed E-state index contributed by atoms with van der Waals surface area (Å²) in [6, 6.07) is 22.1. The number of aromatic nitrogens is 3. The van der Waals surface area contributed by atoms with Crippen molar-refractivity contribution in [3.63, 3.8) is 0 Å². The van der Waals surface area contributed by atoms with Crippen molar-refractivity contribution >= 4 is 34.4 Å². The number of piperazine rings is 1. The Labute approximate surface area is 274 Å². The molecule has 0 unspecified atom stereocenters. The third-order valence-corrected chi connectivity index (χ3v) is 8.80. The predicted molar refractivity (Wildman–Crippen MR) is 176 cm³/mol. The van der Waals surface area contributed by atoms with Crippen LogP contribution in [0.3, 0.4) is 0 Å². The molecule has 12 nitrogen and oxygen atoms in total. The molecule has 3 aromatic carbocycles. The highest BCUT2D eigenvalue weighted by Crippen LogP contribution is 2.40. The van der Waals surface area contributed by atoms with Crippen molar-refractivity contribution in [3.8, 4) is 0 Å². The Morgan fingerprint density at radius 2 is 1.52 bits per heavy atom. The van der Waals surface area contributed by atoms with E-state index in [0.29, 0.717) is 48.5 Å². The van der Waals surface area contributed by atoms with Gasteiger partial charge in [0.15, 0.2) is 0 Å². The molecule has 1 atom stereocenters. The second kappa shape index (κ2) is 12.9. The predicted octanol–water partition coefficient (Wildman–Crippen LogP) is 3.48. The first-order chi connectivity index (χ1) is 23.3. The summed E-state index contributed by atoms with van der Waals surface area (Å²) >= 11 is 0. The van der Waals surface area contributed by atoms with E-state index in [4.69, 9.17) is 9.57 Å². The zero-order valence-corrected chi connectivity index (χ0v) is 26.4. The van der Waals surface area contributed by atoms with Gasteiger partial charge in [-0.05, 0) is 37.0 Å². The van der Waals surface area contributed by atoms with Crippen molar-refractivity contribution in [3.05, 3.63) is 117 Å². The lowest BCUT2D eigenvalue weighted by atomic mass is 10.2. The van der Waals surface area contributed by atoms with Crippen LogP contribution in [0.2, 0.25) is 0 Å². The van der Waals surface area contributed by atoms with Gasteiger partial charge < -0.3 is 29.3 Å². The molecule has 1 aliphatic carbocycles. The highest BCUT2D eigenvalue weighted by atomic mass is 19.1. The van der Waals surface area contributed by atoms with Crippen LogP contribution < -0.4 is 26.3 Å². The first kappa shape index (κ1) is 31.0. The van der Waals surface area contributed by atoms with Crippen molar-refractivity contribution in [2.45, 2.75) is 45.1 Å². The summed E-state index contributed by atoms with van der Waals surface area (Å²) in [5.41, 5.74) is 2.03. The van der Waals surface area contributed by atoms with Crippen LogP contribution in [0.5, 0.6) is 0 Å². The number of rotatable bonds is 9. The average Bonchev–Trinajstić information content (AvgIpc) is 3.89. The maximum atomic E-state index is 15.9. The number of carbonyl (C=O) groups is 2. The number of fused-ring (bicyclic) bond motifs is 3. The van der Waals surface area contributed by atoms with Gasteiger partial charge in [-0.2, -0.15) is 0 Å². The molecule has 1 saturated carbocycles. The van der Waals surface area contributed by atoms with Crippen LogP contribution in [0.1, 0.15) is 36.9 Å². The lowest BCUT2D eigenvalue weighted by Gasteiger charge is -2.37. The Hall–Kier alpha value is -5.59. The molecule has 5 aromatic rings. The number of ether oxygens (including phenoxy) is 1. The topological polar surface area (TPSA) is 120 Å². The van der Waals surface area contributed by atoms with Crippen LogP contribution in [-0.2, 0) is 22.7 Å². The van der Waals surface area contributed by atoms with Gasteiger partial charge >= 0.3 is 11.8 Å². The molecule has 48 heavy (non-hydrogen) atoms. The number of benzene rings is 3. The molecule has 3 heterocycles. The van der Waals surface area contributed by atoms with Gasteiger partial charge in [-0.3, -0.25) is 9.59 Å². The molecule has 2 fully saturated rings. The standard InChI is InChI=1S/C35H35FN6O6/c1-23(37-34(45)47-21-24-8-4-2-5-9-24)33(44)39-16-14-38(15-17-39)28-19-30-29(18-27(28)36)41-31(40(30)26-12-13-26)20-32(43)42(35(41)46)48-22-25-10-6-3-7-11-25/h2-11,18-20,23,26H,12-17,21-22H2,1H3,(H,37,45)/t23-/m0/s1. The molecule has 0 bridgehead atoms. The lowest BCUT2D eigenvalue weighted by Crippen LogP contribution is -2.54. The van der Waals surface area contributed by atoms with Crippen LogP contribution in [0.25, 0.3) is 16.7 Å². The van der Waals surface area contributed by atoms with Crippen molar-refractivity contribution in [2.24, 2.45) is 0 Å². The second-order valence-corrected chi connectivity index (χ2v) is 12.1. The van der Waals surface area contributed by atoms with E-state index in [1.165, 1.54) is 16.5 Å². The van der Waals surface area contributed by atoms with Gasteiger partial charge in [0.1, 0.15) is 30.7 Å². The van der Waals surface area contributed by atoms with E-state index in [-0.39, 0.29) is 25.2 Å². The minimum Gasteiger partial charge on any atom is -0.445 e. The minimum atomic E-state index is -0.800. The number of halogens is 1. The molecule has 0 radical (unpaired) electrons. The van der Waals surface area contributed by atoms with E-state index in [1.807, 2.05) is 70.1 Å². The van der Waals surface area contributed by atoms with Gasteiger partial charge in [-0.1, -0.05) is 65.4 Å². The highest BCUT2D eigenvalue weighted by Gasteiger charge is 2.31. The maximum absolute atomic E-state index is 15.9. The van der Waals surface area contributed by atoms with E-state index in [1.54, 1.807) is 17.9 Å². The zero-order chi connectivity index (χ0) is 33.4. The summed E-state index contributed by atoms with van der Waals surface area (Å²) in [5, 5.41) is 2.59. The molecule has 1 N–H and O–H groups in total. The molecule has 248 valence electrons. The molecule has 0 spiro atoms. The molecule has 13 heteroatoms. The van der Waals surface area contributed by atoms with Gasteiger partial charge in [-0.15, -0.1) is 0 Å². The van der Waals surface area contributed by atoms with Crippen LogP contribution in [0, 0.1) is 5.82 Å². The van der Waals surface area contributed by atoms with E-state index < -0.39 is 29.2 Å². The Morgan fingerprint density at radius 1 is 0.875 bits per heavy atom. The van der Waals surface area contributed by atoms with Gasteiger partial charge in [0, 0.05) is 44.4 Å². The average molecular weight is 655 g/mol. The number of nitrogens with one attached hydrogen (secondary N) is 1. The molecular formula is C35H35FN6O6. The van der Waals surface area contributed by atoms with E-state index in [0.717, 1.165) is 28.7 Å². The highest BCUT2D eigenvalue weighted by molar-refractivity contribution is 5.87. The Bertz CT molecular complexity index is 2100. The minimum absolute atomic E-state index is 0.0174. The summed E-state index contributed by atoms with van der Waals surface area (Å²) in [6.45, 7) is 3.09. The first-order valence-electron chi connectivity index (χ1n) is 16.0. The third-order valence-electron chi connectivity index (χ3n) is 8.80. The number of anilines is 1. The summed E-state index contributed by atoms with van der Waals surface area (Å²) in [6.07, 6.45) is 1.07. The Balaban J connectivity index is 1.08. The van der Waals surface area contributed by atoms with Crippen molar-refractivity contribution in [2.75, 3.05) is 31.1 Å². The number of hydrogen-bond acceptors (Lipinski definition) is 7. The van der Waals surface area contributed by atoms with Gasteiger partial charge in [0.05, 0.1) is 16.7 Å². The van der Waals surface area contributed by atoms with E-state index >= 15 is 4.39 Å². The lowest BCUT2D eigenvalue weighted by molar-refractivity contribution is -0.133. The van der Waals surface area contributed by atoms with Gasteiger partial charge in [0.25, 0.3) is 5.56 Å². The maximum Gasteiger partial charge on any atom is 0.408 e. The number of hydrogen-bond donors (Lipinski definition) is 1. The summed E-state index contributed by atoms with van der Waals surface area (Å²) in [5.74, 6) is -0.783. The van der Waals surface area contributed by atoms with Crippen LogP contribution in [0.4, 0.5) is 14.9 Å². The summed E-state index contributed by atoms with van der Waals surface area (Å²) in [7, 11) is 0. The fourth-order valence-corrected chi connectivity index (χ4v) is 6.19. The molecule has 1 saturated heterocycles. The fourth-order valence-electron chi connectivity index (χ4n) is 6.19. The zero-order valence-electron chi connectivity index (χ0n) is 26.4. The molecule has 7 rings (SSSR count). The van der Waals surface area contributed by atoms with E-state index in [2.05, 4.69) is 5.32 Å². The number of carbonyl (C=O) groups excluding carboxylic acids is 2. The Morgan fingerprint density at radius 3 is 2.17 bits per heavy atom. The van der Waals surface area contributed by atoms with Crippen LogP contribution in [0.15, 0.2) is 88.5 Å². The number of alkyl carbamates (subject to hydrolysis) is 1. The molecular weight excluding hydrogens is 619 g/mol. The molecule has 1 aliphatic heterocycles. The van der Waals surface area contributed by atoms with Crippen molar-refractivity contribution in [1.82, 2.24) is 23.9 Å². The fraction of sp³-hybridized carbons (Fsp3) is 0.314. The van der Waals surface area contributed by atoms with Crippen LogP contribution in [-0.4, -0.2) is 62.8 Å². The van der Waals surface area contributed by atoms with Crippen LogP contribution >= 0.6 is 0 Å². The monoisotopic (exact) mass is 654 g/mol. The number of nitrogens with zero attached hydrogens (tertiary/aromatic N) is 5. The van der Waals surface area contributed by atoms with E-state index in [9.17, 15) is 19.2 Å². The smallest absolute Gasteiger partial charge is 0.408 e. The first-order valence-corrected chi connectivity index (χ1v) is 16.0. The quantitative estimate of drug-likeness (QED) is 0.259. The number of imidazole rings is 1. The third kappa shape index (κ3) is 6.10. The number of amides is 2. The normalized spacial score (nSPS) is 15.5.